The largest absolute Gasteiger partial charge is 0.463 e. The Morgan fingerprint density at radius 3 is 2.65 bits per heavy atom. The number of hydrogen-bond donors (Lipinski definition) is 1. The number of rotatable bonds is 6. The molecule has 1 N–H and O–H groups in total. The van der Waals surface area contributed by atoms with Gasteiger partial charge in [-0.15, -0.1) is 0 Å². The molecule has 0 saturated heterocycles. The molecule has 0 radical (unpaired) electrons. The van der Waals surface area contributed by atoms with Crippen LogP contribution in [-0.2, 0) is 0 Å². The van der Waals surface area contributed by atoms with Gasteiger partial charge < -0.3 is 9.73 Å². The summed E-state index contributed by atoms with van der Waals surface area (Å²) >= 11 is 0. The number of carbonyl (C=O) groups excluding carboxylic acids is 1. The van der Waals surface area contributed by atoms with Crippen LogP contribution in [0.15, 0.2) is 53.1 Å². The average molecular weight is 354 g/mol. The number of nitro benzene ring substituents is 1. The van der Waals surface area contributed by atoms with Crippen molar-refractivity contribution in [2.45, 2.75) is 26.3 Å². The number of furan rings is 1. The molecule has 0 saturated carbocycles. The number of nitrogens with zero attached hydrogens (tertiary/aromatic N) is 3. The first-order valence-electron chi connectivity index (χ1n) is 8.19. The highest BCUT2D eigenvalue weighted by molar-refractivity contribution is 5.94. The zero-order valence-corrected chi connectivity index (χ0v) is 14.4. The van der Waals surface area contributed by atoms with Gasteiger partial charge in [-0.3, -0.25) is 14.9 Å². The van der Waals surface area contributed by atoms with Crippen LogP contribution in [0, 0.1) is 10.1 Å². The summed E-state index contributed by atoms with van der Waals surface area (Å²) < 4.78 is 6.82. The fourth-order valence-corrected chi connectivity index (χ4v) is 2.40. The van der Waals surface area contributed by atoms with Crippen molar-refractivity contribution in [1.82, 2.24) is 15.1 Å². The Bertz CT molecular complexity index is 913. The van der Waals surface area contributed by atoms with E-state index in [1.54, 1.807) is 30.3 Å². The van der Waals surface area contributed by atoms with E-state index < -0.39 is 4.92 Å². The molecule has 0 spiro atoms. The monoisotopic (exact) mass is 354 g/mol. The van der Waals surface area contributed by atoms with E-state index in [1.165, 1.54) is 23.1 Å². The van der Waals surface area contributed by atoms with Crippen molar-refractivity contribution < 1.29 is 14.1 Å². The molecule has 1 atom stereocenters. The van der Waals surface area contributed by atoms with Crippen molar-refractivity contribution in [1.29, 1.82) is 0 Å². The lowest BCUT2D eigenvalue weighted by Gasteiger charge is -2.12. The average Bonchev–Trinajstić information content (AvgIpc) is 3.31. The van der Waals surface area contributed by atoms with Crippen LogP contribution < -0.4 is 5.32 Å². The van der Waals surface area contributed by atoms with Crippen LogP contribution in [0.5, 0.6) is 0 Å². The molecule has 3 aromatic rings. The molecule has 2 heterocycles. The number of non-ortho nitro benzene ring substituents is 1. The molecule has 0 aliphatic heterocycles. The second kappa shape index (κ2) is 7.22. The molecular weight excluding hydrogens is 336 g/mol. The van der Waals surface area contributed by atoms with E-state index in [0.717, 1.165) is 6.42 Å². The fraction of sp³-hybridized carbons (Fsp3) is 0.222. The normalized spacial score (nSPS) is 11.9. The van der Waals surface area contributed by atoms with Gasteiger partial charge >= 0.3 is 0 Å². The lowest BCUT2D eigenvalue weighted by atomic mass is 10.2. The zero-order chi connectivity index (χ0) is 18.7. The van der Waals surface area contributed by atoms with Crippen LogP contribution in [0.1, 0.15) is 30.8 Å². The van der Waals surface area contributed by atoms with Gasteiger partial charge in [-0.25, -0.2) is 4.68 Å². The number of aromatic nitrogens is 2. The second-order valence-corrected chi connectivity index (χ2v) is 5.86. The third kappa shape index (κ3) is 3.49. The summed E-state index contributed by atoms with van der Waals surface area (Å²) in [6.45, 7) is 3.89. The molecule has 134 valence electrons. The lowest BCUT2D eigenvalue weighted by Crippen LogP contribution is -2.33. The van der Waals surface area contributed by atoms with Crippen molar-refractivity contribution in [2.24, 2.45) is 0 Å². The minimum absolute atomic E-state index is 0.00905. The molecule has 0 unspecified atom stereocenters. The van der Waals surface area contributed by atoms with Gasteiger partial charge in [-0.2, -0.15) is 5.10 Å². The Hall–Kier alpha value is -3.42. The Labute approximate surface area is 149 Å². The first-order chi connectivity index (χ1) is 12.5. The maximum atomic E-state index is 12.7. The standard InChI is InChI=1S/C18H18N4O4/c1-3-12(2)19-18(23)16-11-15(17-5-4-10-26-17)20-21(16)13-6-8-14(9-7-13)22(24)25/h4-12H,3H2,1-2H3,(H,19,23)/t12-/m1/s1. The topological polar surface area (TPSA) is 103 Å². The summed E-state index contributed by atoms with van der Waals surface area (Å²) in [5, 5.41) is 18.2. The highest BCUT2D eigenvalue weighted by atomic mass is 16.6. The zero-order valence-electron chi connectivity index (χ0n) is 14.4. The molecule has 0 fully saturated rings. The van der Waals surface area contributed by atoms with Gasteiger partial charge in [0.25, 0.3) is 11.6 Å². The van der Waals surface area contributed by atoms with Crippen molar-refractivity contribution in [3.63, 3.8) is 0 Å². The predicted molar refractivity (Wildman–Crippen MR) is 95.1 cm³/mol. The summed E-state index contributed by atoms with van der Waals surface area (Å²) in [6.07, 6.45) is 2.32. The molecule has 1 aromatic carbocycles. The van der Waals surface area contributed by atoms with E-state index in [0.29, 0.717) is 22.8 Å². The number of nitro groups is 1. The Morgan fingerprint density at radius 2 is 2.08 bits per heavy atom. The van der Waals surface area contributed by atoms with Crippen LogP contribution >= 0.6 is 0 Å². The fourth-order valence-electron chi connectivity index (χ4n) is 2.40. The van der Waals surface area contributed by atoms with Gasteiger partial charge in [0.1, 0.15) is 11.4 Å². The summed E-state index contributed by atoms with van der Waals surface area (Å²) in [5.74, 6) is 0.256. The van der Waals surface area contributed by atoms with Crippen LogP contribution in [0.25, 0.3) is 17.1 Å². The second-order valence-electron chi connectivity index (χ2n) is 5.86. The molecule has 0 aliphatic carbocycles. The summed E-state index contributed by atoms with van der Waals surface area (Å²) in [5.41, 5.74) is 1.34. The van der Waals surface area contributed by atoms with Gasteiger partial charge in [0.05, 0.1) is 16.9 Å². The quantitative estimate of drug-likeness (QED) is 0.538. The molecule has 8 heteroatoms. The molecular formula is C18H18N4O4. The summed E-state index contributed by atoms with van der Waals surface area (Å²) in [6, 6.07) is 11.0. The van der Waals surface area contributed by atoms with Gasteiger partial charge in [-0.1, -0.05) is 6.92 Å². The van der Waals surface area contributed by atoms with Gasteiger partial charge in [0, 0.05) is 24.2 Å². The van der Waals surface area contributed by atoms with Crippen molar-refractivity contribution >= 4 is 11.6 Å². The summed E-state index contributed by atoms with van der Waals surface area (Å²) in [4.78, 5) is 23.0. The molecule has 3 rings (SSSR count). The smallest absolute Gasteiger partial charge is 0.270 e. The van der Waals surface area contributed by atoms with Gasteiger partial charge in [0.15, 0.2) is 5.76 Å². The van der Waals surface area contributed by atoms with E-state index in [9.17, 15) is 14.9 Å². The van der Waals surface area contributed by atoms with Crippen molar-refractivity contribution in [3.05, 3.63) is 64.5 Å². The molecule has 8 nitrogen and oxygen atoms in total. The number of nitrogens with one attached hydrogen (secondary N) is 1. The van der Waals surface area contributed by atoms with E-state index in [4.69, 9.17) is 4.42 Å². The Kier molecular flexibility index (Phi) is 4.83. The Morgan fingerprint density at radius 1 is 1.35 bits per heavy atom. The van der Waals surface area contributed by atoms with E-state index in [-0.39, 0.29) is 17.6 Å². The molecule has 26 heavy (non-hydrogen) atoms. The maximum Gasteiger partial charge on any atom is 0.270 e. The molecule has 2 aromatic heterocycles. The third-order valence-electron chi connectivity index (χ3n) is 4.01. The number of carbonyl (C=O) groups is 1. The summed E-state index contributed by atoms with van der Waals surface area (Å²) in [7, 11) is 0. The molecule has 1 amide bonds. The third-order valence-corrected chi connectivity index (χ3v) is 4.01. The van der Waals surface area contributed by atoms with E-state index >= 15 is 0 Å². The SMILES string of the molecule is CC[C@@H](C)NC(=O)c1cc(-c2ccco2)nn1-c1ccc([N+](=O)[O-])cc1. The van der Waals surface area contributed by atoms with Crippen molar-refractivity contribution in [2.75, 3.05) is 0 Å². The highest BCUT2D eigenvalue weighted by Gasteiger charge is 2.20. The van der Waals surface area contributed by atoms with Crippen molar-refractivity contribution in [3.8, 4) is 17.1 Å². The van der Waals surface area contributed by atoms with E-state index in [1.807, 2.05) is 13.8 Å². The number of benzene rings is 1. The van der Waals surface area contributed by atoms with Gasteiger partial charge in [0.2, 0.25) is 0 Å². The Balaban J connectivity index is 2.04. The maximum absolute atomic E-state index is 12.7. The lowest BCUT2D eigenvalue weighted by molar-refractivity contribution is -0.384. The minimum Gasteiger partial charge on any atom is -0.463 e. The van der Waals surface area contributed by atoms with Crippen LogP contribution in [0.4, 0.5) is 5.69 Å². The number of hydrogen-bond acceptors (Lipinski definition) is 5. The van der Waals surface area contributed by atoms with Gasteiger partial charge in [-0.05, 0) is 37.6 Å². The van der Waals surface area contributed by atoms with Crippen LogP contribution in [-0.4, -0.2) is 26.7 Å². The number of amides is 1. The van der Waals surface area contributed by atoms with Crippen LogP contribution in [0.3, 0.4) is 0 Å². The van der Waals surface area contributed by atoms with E-state index in [2.05, 4.69) is 10.4 Å². The molecule has 0 aliphatic rings. The van der Waals surface area contributed by atoms with Crippen LogP contribution in [0.2, 0.25) is 0 Å². The minimum atomic E-state index is -0.475. The predicted octanol–water partition coefficient (Wildman–Crippen LogP) is 3.57. The highest BCUT2D eigenvalue weighted by Crippen LogP contribution is 2.23. The first-order valence-corrected chi connectivity index (χ1v) is 8.19. The first kappa shape index (κ1) is 17.4. The molecule has 0 bridgehead atoms.